The predicted molar refractivity (Wildman–Crippen MR) is 117 cm³/mol. The second kappa shape index (κ2) is 12.0. The molecule has 0 fully saturated rings. The maximum absolute atomic E-state index is 11.1. The molecule has 1 aromatic heterocycles. The first-order chi connectivity index (χ1) is 14.0. The summed E-state index contributed by atoms with van der Waals surface area (Å²) in [5, 5.41) is 6.53. The van der Waals surface area contributed by atoms with E-state index in [9.17, 15) is 4.79 Å². The first kappa shape index (κ1) is 22.6. The molecular formula is C22H33N5O2. The number of anilines is 1. The number of aromatic nitrogens is 2. The Bertz CT molecular complexity index is 780. The summed E-state index contributed by atoms with van der Waals surface area (Å²) >= 11 is 0. The monoisotopic (exact) mass is 399 g/mol. The van der Waals surface area contributed by atoms with E-state index in [1.807, 2.05) is 0 Å². The van der Waals surface area contributed by atoms with Gasteiger partial charge in [0.25, 0.3) is 5.91 Å². The zero-order valence-electron chi connectivity index (χ0n) is 17.7. The van der Waals surface area contributed by atoms with Crippen LogP contribution in [0, 0.1) is 6.92 Å². The van der Waals surface area contributed by atoms with Gasteiger partial charge in [-0.05, 0) is 68.5 Å². The number of hydrogen-bond donors (Lipinski definition) is 3. The number of benzene rings is 1. The van der Waals surface area contributed by atoms with Crippen LogP contribution in [-0.2, 0) is 0 Å². The highest BCUT2D eigenvalue weighted by molar-refractivity contribution is 5.90. The third-order valence-electron chi connectivity index (χ3n) is 4.52. The molecule has 0 unspecified atom stereocenters. The molecule has 0 aliphatic heterocycles. The number of primary amides is 1. The Morgan fingerprint density at radius 1 is 1.14 bits per heavy atom. The molecule has 29 heavy (non-hydrogen) atoms. The van der Waals surface area contributed by atoms with Gasteiger partial charge in [-0.2, -0.15) is 0 Å². The maximum atomic E-state index is 11.1. The van der Waals surface area contributed by atoms with Crippen molar-refractivity contribution in [1.29, 1.82) is 0 Å². The highest BCUT2D eigenvalue weighted by Crippen LogP contribution is 2.27. The summed E-state index contributed by atoms with van der Waals surface area (Å²) in [4.78, 5) is 19.2. The number of nitrogens with zero attached hydrogens (tertiary/aromatic N) is 2. The number of nitrogens with two attached hydrogens (primary N) is 1. The van der Waals surface area contributed by atoms with Gasteiger partial charge < -0.3 is 21.1 Å². The molecule has 2 aromatic rings. The van der Waals surface area contributed by atoms with Crippen LogP contribution in [0.5, 0.6) is 5.75 Å². The molecule has 0 aliphatic rings. The van der Waals surface area contributed by atoms with Gasteiger partial charge in [-0.1, -0.05) is 26.0 Å². The van der Waals surface area contributed by atoms with E-state index < -0.39 is 5.91 Å². The topological polar surface area (TPSA) is 102 Å². The Morgan fingerprint density at radius 3 is 2.69 bits per heavy atom. The molecule has 0 atom stereocenters. The van der Waals surface area contributed by atoms with Gasteiger partial charge in [0.15, 0.2) is 0 Å². The van der Waals surface area contributed by atoms with Crippen molar-refractivity contribution in [3.05, 3.63) is 47.3 Å². The third kappa shape index (κ3) is 8.07. The van der Waals surface area contributed by atoms with Crippen LogP contribution in [0.1, 0.15) is 60.6 Å². The third-order valence-corrected chi connectivity index (χ3v) is 4.52. The van der Waals surface area contributed by atoms with Crippen LogP contribution in [0.4, 0.5) is 5.95 Å². The van der Waals surface area contributed by atoms with E-state index in [0.29, 0.717) is 11.9 Å². The van der Waals surface area contributed by atoms with Crippen LogP contribution >= 0.6 is 0 Å². The summed E-state index contributed by atoms with van der Waals surface area (Å²) in [5.74, 6) is 1.35. The standard InChI is InChI=1S/C22H33N5O2/c1-16(2)18-8-7-17(3)15-20(18)29-14-5-4-10-24-11-6-12-25-22-26-13-9-19(27-22)21(23)28/h7-9,13,15-16,24H,4-6,10-12,14H2,1-3H3,(H2,23,28)(H,25,26,27). The summed E-state index contributed by atoms with van der Waals surface area (Å²) < 4.78 is 6.02. The van der Waals surface area contributed by atoms with Crippen molar-refractivity contribution in [2.24, 2.45) is 5.73 Å². The normalized spacial score (nSPS) is 10.9. The van der Waals surface area contributed by atoms with Crippen LogP contribution in [0.25, 0.3) is 0 Å². The first-order valence-electron chi connectivity index (χ1n) is 10.3. The van der Waals surface area contributed by atoms with Crippen LogP contribution in [0.15, 0.2) is 30.5 Å². The molecule has 158 valence electrons. The van der Waals surface area contributed by atoms with Crippen LogP contribution in [-0.4, -0.2) is 42.1 Å². The van der Waals surface area contributed by atoms with Gasteiger partial charge in [0.2, 0.25) is 5.95 Å². The predicted octanol–water partition coefficient (Wildman–Crippen LogP) is 3.26. The number of carbonyl (C=O) groups excluding carboxylic acids is 1. The molecule has 0 spiro atoms. The van der Waals surface area contributed by atoms with E-state index in [0.717, 1.165) is 51.3 Å². The minimum Gasteiger partial charge on any atom is -0.493 e. The number of unbranched alkanes of at least 4 members (excludes halogenated alkanes) is 1. The Balaban J connectivity index is 1.53. The summed E-state index contributed by atoms with van der Waals surface area (Å²) in [5.41, 5.74) is 7.93. The molecule has 0 saturated heterocycles. The van der Waals surface area contributed by atoms with Crippen molar-refractivity contribution >= 4 is 11.9 Å². The van der Waals surface area contributed by atoms with Gasteiger partial charge in [-0.3, -0.25) is 4.79 Å². The molecule has 0 bridgehead atoms. The minimum absolute atomic E-state index is 0.217. The summed E-state index contributed by atoms with van der Waals surface area (Å²) in [6.07, 6.45) is 4.54. The zero-order valence-corrected chi connectivity index (χ0v) is 17.7. The fourth-order valence-electron chi connectivity index (χ4n) is 2.90. The lowest BCUT2D eigenvalue weighted by atomic mass is 10.0. The molecule has 2 rings (SSSR count). The molecule has 7 nitrogen and oxygen atoms in total. The van der Waals surface area contributed by atoms with E-state index in [1.54, 1.807) is 0 Å². The molecule has 0 aliphatic carbocycles. The van der Waals surface area contributed by atoms with Crippen molar-refractivity contribution in [1.82, 2.24) is 15.3 Å². The quantitative estimate of drug-likeness (QED) is 0.447. The Hall–Kier alpha value is -2.67. The molecule has 1 aromatic carbocycles. The lowest BCUT2D eigenvalue weighted by Crippen LogP contribution is -2.20. The highest BCUT2D eigenvalue weighted by atomic mass is 16.5. The van der Waals surface area contributed by atoms with Crippen molar-refractivity contribution < 1.29 is 9.53 Å². The molecule has 7 heteroatoms. The summed E-state index contributed by atoms with van der Waals surface area (Å²) in [6.45, 7) is 9.80. The number of hydrogen-bond acceptors (Lipinski definition) is 6. The smallest absolute Gasteiger partial charge is 0.267 e. The number of amides is 1. The first-order valence-corrected chi connectivity index (χ1v) is 10.3. The molecule has 1 amide bonds. The van der Waals surface area contributed by atoms with E-state index in [-0.39, 0.29) is 5.69 Å². The maximum Gasteiger partial charge on any atom is 0.267 e. The van der Waals surface area contributed by atoms with Gasteiger partial charge >= 0.3 is 0 Å². The van der Waals surface area contributed by atoms with Crippen molar-refractivity contribution in [2.75, 3.05) is 31.6 Å². The van der Waals surface area contributed by atoms with Crippen molar-refractivity contribution in [3.63, 3.8) is 0 Å². The van der Waals surface area contributed by atoms with Crippen LogP contribution < -0.4 is 21.1 Å². The van der Waals surface area contributed by atoms with E-state index in [2.05, 4.69) is 59.6 Å². The Morgan fingerprint density at radius 2 is 1.93 bits per heavy atom. The van der Waals surface area contributed by atoms with E-state index in [4.69, 9.17) is 10.5 Å². The van der Waals surface area contributed by atoms with Gasteiger partial charge in [0, 0.05) is 12.7 Å². The lowest BCUT2D eigenvalue weighted by Gasteiger charge is -2.15. The number of ether oxygens (including phenoxy) is 1. The molecule has 0 radical (unpaired) electrons. The van der Waals surface area contributed by atoms with Crippen molar-refractivity contribution in [3.8, 4) is 5.75 Å². The van der Waals surface area contributed by atoms with Crippen LogP contribution in [0.3, 0.4) is 0 Å². The lowest BCUT2D eigenvalue weighted by molar-refractivity contribution is 0.0995. The molecule has 0 saturated carbocycles. The number of carbonyl (C=O) groups is 1. The molecule has 1 heterocycles. The van der Waals surface area contributed by atoms with Crippen molar-refractivity contribution in [2.45, 2.75) is 46.0 Å². The van der Waals surface area contributed by atoms with Gasteiger partial charge in [-0.25, -0.2) is 9.97 Å². The van der Waals surface area contributed by atoms with Gasteiger partial charge in [0.1, 0.15) is 11.4 Å². The second-order valence-corrected chi connectivity index (χ2v) is 7.41. The van der Waals surface area contributed by atoms with Gasteiger partial charge in [-0.15, -0.1) is 0 Å². The minimum atomic E-state index is -0.552. The fourth-order valence-corrected chi connectivity index (χ4v) is 2.90. The highest BCUT2D eigenvalue weighted by Gasteiger charge is 2.08. The van der Waals surface area contributed by atoms with Crippen LogP contribution in [0.2, 0.25) is 0 Å². The average Bonchev–Trinajstić information content (AvgIpc) is 2.69. The Kier molecular flexibility index (Phi) is 9.37. The number of aryl methyl sites for hydroxylation is 1. The summed E-state index contributed by atoms with van der Waals surface area (Å²) in [6, 6.07) is 7.94. The van der Waals surface area contributed by atoms with Gasteiger partial charge in [0.05, 0.1) is 6.61 Å². The van der Waals surface area contributed by atoms with E-state index in [1.165, 1.54) is 23.4 Å². The number of nitrogens with one attached hydrogen (secondary N) is 2. The Labute approximate surface area is 173 Å². The SMILES string of the molecule is Cc1ccc(C(C)C)c(OCCCCNCCCNc2nccc(C(N)=O)n2)c1. The van der Waals surface area contributed by atoms with E-state index >= 15 is 0 Å². The average molecular weight is 400 g/mol. The molecular weight excluding hydrogens is 366 g/mol. The largest absolute Gasteiger partial charge is 0.493 e. The summed E-state index contributed by atoms with van der Waals surface area (Å²) in [7, 11) is 0. The molecule has 4 N–H and O–H groups in total. The zero-order chi connectivity index (χ0) is 21.1. The fraction of sp³-hybridized carbons (Fsp3) is 0.500. The number of rotatable bonds is 13. The second-order valence-electron chi connectivity index (χ2n) is 7.41.